The van der Waals surface area contributed by atoms with Crippen molar-refractivity contribution in [2.24, 2.45) is 5.41 Å². The van der Waals surface area contributed by atoms with E-state index in [2.05, 4.69) is 4.98 Å². The molecule has 2 heteroatoms. The zero-order chi connectivity index (χ0) is 12.5. The molecule has 1 N–H and O–H groups in total. The molecular weight excluding hydrogens is 222 g/mol. The highest BCUT2D eigenvalue weighted by Crippen LogP contribution is 2.51. The van der Waals surface area contributed by atoms with Gasteiger partial charge < -0.3 is 5.11 Å². The van der Waals surface area contributed by atoms with Crippen molar-refractivity contribution in [2.75, 3.05) is 0 Å². The summed E-state index contributed by atoms with van der Waals surface area (Å²) < 4.78 is 0. The van der Waals surface area contributed by atoms with Gasteiger partial charge in [-0.1, -0.05) is 12.8 Å². The minimum Gasteiger partial charge on any atom is -0.390 e. The molecule has 18 heavy (non-hydrogen) atoms. The number of hydrogen-bond donors (Lipinski definition) is 1. The fourth-order valence-electron chi connectivity index (χ4n) is 3.93. The first-order valence-electron chi connectivity index (χ1n) is 7.31. The van der Waals surface area contributed by atoms with E-state index in [1.807, 2.05) is 24.5 Å². The Hall–Kier alpha value is -0.890. The summed E-state index contributed by atoms with van der Waals surface area (Å²) in [6, 6.07) is 4.05. The largest absolute Gasteiger partial charge is 0.390 e. The molecule has 2 nitrogen and oxygen atoms in total. The maximum Gasteiger partial charge on any atom is 0.0688 e. The van der Waals surface area contributed by atoms with Crippen LogP contribution in [0.4, 0.5) is 0 Å². The van der Waals surface area contributed by atoms with Gasteiger partial charge in [-0.25, -0.2) is 0 Å². The minimum atomic E-state index is -0.463. The average molecular weight is 245 g/mol. The summed E-state index contributed by atoms with van der Waals surface area (Å²) in [5, 5.41) is 10.7. The molecule has 1 aromatic rings. The highest BCUT2D eigenvalue weighted by molar-refractivity contribution is 5.14. The van der Waals surface area contributed by atoms with E-state index in [0.29, 0.717) is 5.41 Å². The number of pyridine rings is 1. The summed E-state index contributed by atoms with van der Waals surface area (Å²) in [7, 11) is 0. The van der Waals surface area contributed by atoms with Crippen LogP contribution in [-0.4, -0.2) is 15.7 Å². The Morgan fingerprint density at radius 1 is 0.944 bits per heavy atom. The Bertz CT molecular complexity index is 385. The lowest BCUT2D eigenvalue weighted by Gasteiger charge is -2.42. The number of aromatic nitrogens is 1. The van der Waals surface area contributed by atoms with Crippen molar-refractivity contribution in [3.05, 3.63) is 30.1 Å². The summed E-state index contributed by atoms with van der Waals surface area (Å²) in [6.07, 6.45) is 14.5. The van der Waals surface area contributed by atoms with Gasteiger partial charge in [0.2, 0.25) is 0 Å². The third-order valence-electron chi connectivity index (χ3n) is 5.19. The highest BCUT2D eigenvalue weighted by atomic mass is 16.3. The van der Waals surface area contributed by atoms with Crippen molar-refractivity contribution >= 4 is 0 Å². The molecule has 2 aliphatic rings. The molecule has 98 valence electrons. The van der Waals surface area contributed by atoms with E-state index in [1.54, 1.807) is 0 Å². The molecule has 0 bridgehead atoms. The Morgan fingerprint density at radius 2 is 1.56 bits per heavy atom. The molecule has 1 aromatic heterocycles. The van der Waals surface area contributed by atoms with Crippen LogP contribution < -0.4 is 0 Å². The average Bonchev–Trinajstić information content (AvgIpc) is 2.84. The van der Waals surface area contributed by atoms with Crippen LogP contribution in [0, 0.1) is 5.41 Å². The lowest BCUT2D eigenvalue weighted by atomic mass is 9.66. The molecule has 0 aromatic carbocycles. The summed E-state index contributed by atoms with van der Waals surface area (Å²) >= 11 is 0. The summed E-state index contributed by atoms with van der Waals surface area (Å²) in [6.45, 7) is 0. The van der Waals surface area contributed by atoms with Crippen LogP contribution in [0.15, 0.2) is 24.5 Å². The quantitative estimate of drug-likeness (QED) is 0.865. The third-order valence-corrected chi connectivity index (χ3v) is 5.19. The van der Waals surface area contributed by atoms with E-state index in [0.717, 1.165) is 19.3 Å². The van der Waals surface area contributed by atoms with Gasteiger partial charge >= 0.3 is 0 Å². The molecule has 0 aliphatic heterocycles. The van der Waals surface area contributed by atoms with Crippen LogP contribution in [0.25, 0.3) is 0 Å². The van der Waals surface area contributed by atoms with E-state index < -0.39 is 5.60 Å². The van der Waals surface area contributed by atoms with Gasteiger partial charge in [0.25, 0.3) is 0 Å². The number of hydrogen-bond acceptors (Lipinski definition) is 2. The highest BCUT2D eigenvalue weighted by Gasteiger charge is 2.42. The second-order valence-corrected chi connectivity index (χ2v) is 6.46. The van der Waals surface area contributed by atoms with Gasteiger partial charge in [-0.2, -0.15) is 0 Å². The summed E-state index contributed by atoms with van der Waals surface area (Å²) in [5.41, 5.74) is 1.36. The van der Waals surface area contributed by atoms with Crippen LogP contribution in [0.2, 0.25) is 0 Å². The van der Waals surface area contributed by atoms with Gasteiger partial charge in [0.15, 0.2) is 0 Å². The first-order valence-corrected chi connectivity index (χ1v) is 7.31. The van der Waals surface area contributed by atoms with Gasteiger partial charge in [-0.05, 0) is 61.6 Å². The third kappa shape index (κ3) is 2.44. The molecule has 0 radical (unpaired) electrons. The van der Waals surface area contributed by atoms with Crippen molar-refractivity contribution < 1.29 is 5.11 Å². The lowest BCUT2D eigenvalue weighted by molar-refractivity contribution is -0.0322. The first-order chi connectivity index (χ1) is 8.70. The van der Waals surface area contributed by atoms with Crippen LogP contribution in [0.5, 0.6) is 0 Å². The van der Waals surface area contributed by atoms with E-state index in [4.69, 9.17) is 0 Å². The molecule has 1 spiro atoms. The van der Waals surface area contributed by atoms with E-state index in [9.17, 15) is 5.11 Å². The van der Waals surface area contributed by atoms with Gasteiger partial charge in [0.05, 0.1) is 5.60 Å². The number of nitrogens with zero attached hydrogens (tertiary/aromatic N) is 1. The van der Waals surface area contributed by atoms with Crippen LogP contribution in [-0.2, 0) is 6.42 Å². The molecule has 0 unspecified atom stereocenters. The predicted molar refractivity (Wildman–Crippen MR) is 72.3 cm³/mol. The molecule has 0 atom stereocenters. The zero-order valence-electron chi connectivity index (χ0n) is 11.1. The fourth-order valence-corrected chi connectivity index (χ4v) is 3.93. The second-order valence-electron chi connectivity index (χ2n) is 6.46. The summed E-state index contributed by atoms with van der Waals surface area (Å²) in [4.78, 5) is 4.04. The first kappa shape index (κ1) is 12.2. The molecule has 0 saturated heterocycles. The number of rotatable bonds is 2. The van der Waals surface area contributed by atoms with E-state index >= 15 is 0 Å². The lowest BCUT2D eigenvalue weighted by Crippen LogP contribution is -2.39. The van der Waals surface area contributed by atoms with Gasteiger partial charge in [-0.3, -0.25) is 4.98 Å². The van der Waals surface area contributed by atoms with Crippen molar-refractivity contribution in [3.8, 4) is 0 Å². The smallest absolute Gasteiger partial charge is 0.0688 e. The maximum absolute atomic E-state index is 10.7. The van der Waals surface area contributed by atoms with Crippen LogP contribution in [0.3, 0.4) is 0 Å². The SMILES string of the molecule is OC1(Cc2ccncc2)CCC2(CCCC2)CC1. The van der Waals surface area contributed by atoms with Crippen molar-refractivity contribution in [2.45, 2.75) is 63.4 Å². The standard InChI is InChI=1S/C16H23NO/c18-16(13-14-3-11-17-12-4-14)9-7-15(8-10-16)5-1-2-6-15/h3-4,11-12,18H,1-2,5-10,13H2. The van der Waals surface area contributed by atoms with Crippen molar-refractivity contribution in [3.63, 3.8) is 0 Å². The van der Waals surface area contributed by atoms with Crippen molar-refractivity contribution in [1.29, 1.82) is 0 Å². The van der Waals surface area contributed by atoms with Gasteiger partial charge in [-0.15, -0.1) is 0 Å². The Balaban J connectivity index is 1.63. The van der Waals surface area contributed by atoms with Crippen LogP contribution in [0.1, 0.15) is 56.9 Å². The van der Waals surface area contributed by atoms with Gasteiger partial charge in [0.1, 0.15) is 0 Å². The maximum atomic E-state index is 10.7. The fraction of sp³-hybridized carbons (Fsp3) is 0.688. The normalized spacial score (nSPS) is 25.4. The minimum absolute atomic E-state index is 0.463. The Kier molecular flexibility index (Phi) is 3.14. The topological polar surface area (TPSA) is 33.1 Å². The van der Waals surface area contributed by atoms with Gasteiger partial charge in [0, 0.05) is 18.8 Å². The molecule has 0 amide bonds. The van der Waals surface area contributed by atoms with Crippen molar-refractivity contribution in [1.82, 2.24) is 4.98 Å². The molecule has 2 aliphatic carbocycles. The van der Waals surface area contributed by atoms with E-state index in [-0.39, 0.29) is 0 Å². The molecular formula is C16H23NO. The molecule has 2 fully saturated rings. The second kappa shape index (κ2) is 4.65. The van der Waals surface area contributed by atoms with E-state index in [1.165, 1.54) is 44.1 Å². The summed E-state index contributed by atoms with van der Waals surface area (Å²) in [5.74, 6) is 0. The molecule has 2 saturated carbocycles. The number of aliphatic hydroxyl groups is 1. The van der Waals surface area contributed by atoms with Crippen LogP contribution >= 0.6 is 0 Å². The monoisotopic (exact) mass is 245 g/mol. The molecule has 1 heterocycles. The predicted octanol–water partition coefficient (Wildman–Crippen LogP) is 3.49. The Labute approximate surface area is 109 Å². The Morgan fingerprint density at radius 3 is 2.17 bits per heavy atom. The molecule has 3 rings (SSSR count). The zero-order valence-corrected chi connectivity index (χ0v) is 11.1.